The lowest BCUT2D eigenvalue weighted by Gasteiger charge is -2.26. The normalized spacial score (nSPS) is 13.8. The van der Waals surface area contributed by atoms with Gasteiger partial charge in [-0.25, -0.2) is 5.43 Å². The number of nitrogens with zero attached hydrogens (tertiary/aromatic N) is 2. The highest BCUT2D eigenvalue weighted by Crippen LogP contribution is 2.14. The summed E-state index contributed by atoms with van der Waals surface area (Å²) < 4.78 is 10.8. The second kappa shape index (κ2) is 11.1. The summed E-state index contributed by atoms with van der Waals surface area (Å²) in [6, 6.07) is 13.1. The van der Waals surface area contributed by atoms with E-state index in [0.717, 1.165) is 11.3 Å². The minimum Gasteiger partial charge on any atom is -0.484 e. The van der Waals surface area contributed by atoms with Crippen LogP contribution in [-0.4, -0.2) is 62.4 Å². The number of nitrogens with one attached hydrogen (secondary N) is 2. The molecule has 1 aliphatic rings. The van der Waals surface area contributed by atoms with E-state index >= 15 is 0 Å². The maximum absolute atomic E-state index is 12.1. The van der Waals surface area contributed by atoms with Crippen molar-refractivity contribution in [3.8, 4) is 5.75 Å². The quantitative estimate of drug-likeness (QED) is 0.500. The summed E-state index contributed by atoms with van der Waals surface area (Å²) in [5, 5.41) is 7.05. The molecule has 2 aromatic rings. The van der Waals surface area contributed by atoms with Crippen LogP contribution in [0, 0.1) is 13.8 Å². The van der Waals surface area contributed by atoms with Gasteiger partial charge in [0.15, 0.2) is 6.61 Å². The number of hydrazone groups is 1. The molecular weight excluding hydrogens is 396 g/mol. The SMILES string of the molecule is Cc1ccc(NCC(=O)N/N=C\c2ccc(OCC(=O)N3CCOCC3)cc2)cc1C. The van der Waals surface area contributed by atoms with Gasteiger partial charge in [0.2, 0.25) is 0 Å². The van der Waals surface area contributed by atoms with Crippen LogP contribution in [0.3, 0.4) is 0 Å². The van der Waals surface area contributed by atoms with E-state index in [2.05, 4.69) is 15.8 Å². The topological polar surface area (TPSA) is 92.3 Å². The molecule has 8 heteroatoms. The summed E-state index contributed by atoms with van der Waals surface area (Å²) in [5.41, 5.74) is 6.56. The Bertz CT molecular complexity index is 922. The van der Waals surface area contributed by atoms with Gasteiger partial charge in [-0.15, -0.1) is 0 Å². The highest BCUT2D eigenvalue weighted by Gasteiger charge is 2.17. The zero-order chi connectivity index (χ0) is 22.1. The van der Waals surface area contributed by atoms with Crippen molar-refractivity contribution in [1.82, 2.24) is 10.3 Å². The molecule has 164 valence electrons. The van der Waals surface area contributed by atoms with Crippen molar-refractivity contribution >= 4 is 23.7 Å². The van der Waals surface area contributed by atoms with E-state index in [1.54, 1.807) is 35.4 Å². The lowest BCUT2D eigenvalue weighted by molar-refractivity contribution is -0.137. The average molecular weight is 425 g/mol. The van der Waals surface area contributed by atoms with Gasteiger partial charge in [0, 0.05) is 18.8 Å². The maximum Gasteiger partial charge on any atom is 0.260 e. The van der Waals surface area contributed by atoms with Crippen LogP contribution >= 0.6 is 0 Å². The number of ether oxygens (including phenoxy) is 2. The monoisotopic (exact) mass is 424 g/mol. The molecule has 0 saturated carbocycles. The number of aryl methyl sites for hydroxylation is 2. The lowest BCUT2D eigenvalue weighted by Crippen LogP contribution is -2.42. The van der Waals surface area contributed by atoms with E-state index in [1.165, 1.54) is 11.1 Å². The third-order valence-electron chi connectivity index (χ3n) is 4.97. The van der Waals surface area contributed by atoms with Crippen LogP contribution in [0.25, 0.3) is 0 Å². The Kier molecular flexibility index (Phi) is 8.00. The van der Waals surface area contributed by atoms with Crippen molar-refractivity contribution in [2.24, 2.45) is 5.10 Å². The second-order valence-corrected chi connectivity index (χ2v) is 7.30. The van der Waals surface area contributed by atoms with Gasteiger partial charge in [-0.2, -0.15) is 5.10 Å². The van der Waals surface area contributed by atoms with Crippen molar-refractivity contribution in [3.63, 3.8) is 0 Å². The molecule has 1 aliphatic heterocycles. The number of anilines is 1. The molecule has 1 fully saturated rings. The molecule has 0 spiro atoms. The lowest BCUT2D eigenvalue weighted by atomic mass is 10.1. The van der Waals surface area contributed by atoms with Crippen molar-refractivity contribution in [1.29, 1.82) is 0 Å². The molecule has 0 unspecified atom stereocenters. The Balaban J connectivity index is 1.38. The highest BCUT2D eigenvalue weighted by atomic mass is 16.5. The van der Waals surface area contributed by atoms with Crippen molar-refractivity contribution in [3.05, 3.63) is 59.2 Å². The maximum atomic E-state index is 12.1. The molecule has 2 amide bonds. The second-order valence-electron chi connectivity index (χ2n) is 7.30. The van der Waals surface area contributed by atoms with Crippen molar-refractivity contribution in [2.45, 2.75) is 13.8 Å². The summed E-state index contributed by atoms with van der Waals surface area (Å²) in [6.45, 7) is 6.54. The Labute approximate surface area is 182 Å². The minimum atomic E-state index is -0.240. The minimum absolute atomic E-state index is 0.00298. The first-order valence-corrected chi connectivity index (χ1v) is 10.2. The zero-order valence-corrected chi connectivity index (χ0v) is 17.9. The fraction of sp³-hybridized carbons (Fsp3) is 0.348. The predicted octanol–water partition coefficient (Wildman–Crippen LogP) is 2.10. The number of amides is 2. The number of hydrogen-bond acceptors (Lipinski definition) is 6. The highest BCUT2D eigenvalue weighted by molar-refractivity contribution is 5.84. The van der Waals surface area contributed by atoms with Crippen LogP contribution in [0.1, 0.15) is 16.7 Å². The van der Waals surface area contributed by atoms with Crippen LogP contribution in [0.2, 0.25) is 0 Å². The number of carbonyl (C=O) groups excluding carboxylic acids is 2. The van der Waals surface area contributed by atoms with Gasteiger partial charge in [0.25, 0.3) is 11.8 Å². The fourth-order valence-corrected chi connectivity index (χ4v) is 2.95. The molecule has 3 rings (SSSR count). The van der Waals surface area contributed by atoms with Crippen LogP contribution in [-0.2, 0) is 14.3 Å². The smallest absolute Gasteiger partial charge is 0.260 e. The molecule has 1 saturated heterocycles. The molecule has 0 aliphatic carbocycles. The molecule has 0 aromatic heterocycles. The van der Waals surface area contributed by atoms with Gasteiger partial charge in [0.05, 0.1) is 26.0 Å². The third-order valence-corrected chi connectivity index (χ3v) is 4.97. The molecule has 0 bridgehead atoms. The van der Waals surface area contributed by atoms with Gasteiger partial charge in [-0.1, -0.05) is 6.07 Å². The summed E-state index contributed by atoms with van der Waals surface area (Å²) in [6.07, 6.45) is 1.55. The van der Waals surface area contributed by atoms with Gasteiger partial charge in [-0.3, -0.25) is 9.59 Å². The summed E-state index contributed by atoms with van der Waals surface area (Å²) in [5.74, 6) is 0.308. The Morgan fingerprint density at radius 1 is 1.10 bits per heavy atom. The first-order valence-electron chi connectivity index (χ1n) is 10.2. The zero-order valence-electron chi connectivity index (χ0n) is 17.9. The van der Waals surface area contributed by atoms with Gasteiger partial charge >= 0.3 is 0 Å². The molecule has 1 heterocycles. The summed E-state index contributed by atoms with van der Waals surface area (Å²) in [4.78, 5) is 25.8. The number of rotatable bonds is 8. The summed E-state index contributed by atoms with van der Waals surface area (Å²) >= 11 is 0. The van der Waals surface area contributed by atoms with Crippen molar-refractivity contribution < 1.29 is 19.1 Å². The van der Waals surface area contributed by atoms with E-state index in [4.69, 9.17) is 9.47 Å². The Morgan fingerprint density at radius 3 is 2.55 bits per heavy atom. The van der Waals surface area contributed by atoms with Gasteiger partial charge in [0.1, 0.15) is 5.75 Å². The van der Waals surface area contributed by atoms with Gasteiger partial charge in [-0.05, 0) is 66.9 Å². The molecule has 8 nitrogen and oxygen atoms in total. The van der Waals surface area contributed by atoms with Crippen LogP contribution in [0.4, 0.5) is 5.69 Å². The van der Waals surface area contributed by atoms with E-state index in [0.29, 0.717) is 32.1 Å². The van der Waals surface area contributed by atoms with E-state index in [9.17, 15) is 9.59 Å². The molecule has 2 N–H and O–H groups in total. The molecule has 0 atom stereocenters. The molecule has 0 radical (unpaired) electrons. The fourth-order valence-electron chi connectivity index (χ4n) is 2.95. The predicted molar refractivity (Wildman–Crippen MR) is 119 cm³/mol. The number of benzene rings is 2. The van der Waals surface area contributed by atoms with Crippen LogP contribution in [0.5, 0.6) is 5.75 Å². The number of hydrogen-bond donors (Lipinski definition) is 2. The largest absolute Gasteiger partial charge is 0.484 e. The van der Waals surface area contributed by atoms with Crippen LogP contribution in [0.15, 0.2) is 47.6 Å². The molecule has 2 aromatic carbocycles. The van der Waals surface area contributed by atoms with Crippen LogP contribution < -0.4 is 15.5 Å². The van der Waals surface area contributed by atoms with Gasteiger partial charge < -0.3 is 19.7 Å². The number of carbonyl (C=O) groups is 2. The first-order chi connectivity index (χ1) is 15.0. The number of morpholine rings is 1. The Morgan fingerprint density at radius 2 is 1.84 bits per heavy atom. The molecule has 31 heavy (non-hydrogen) atoms. The average Bonchev–Trinajstić information content (AvgIpc) is 2.79. The third kappa shape index (κ3) is 7.11. The summed E-state index contributed by atoms with van der Waals surface area (Å²) in [7, 11) is 0. The van der Waals surface area contributed by atoms with E-state index in [-0.39, 0.29) is 25.0 Å². The Hall–Kier alpha value is -3.39. The van der Waals surface area contributed by atoms with Crippen molar-refractivity contribution in [2.75, 3.05) is 44.8 Å². The van der Waals surface area contributed by atoms with E-state index < -0.39 is 0 Å². The van der Waals surface area contributed by atoms with E-state index in [1.807, 2.05) is 32.0 Å². The first kappa shape index (κ1) is 22.3. The standard InChI is InChI=1S/C23H28N4O4/c1-17-3-6-20(13-18(17)2)24-15-22(28)26-25-14-19-4-7-21(8-5-19)31-16-23(29)27-9-11-30-12-10-27/h3-8,13-14,24H,9-12,15-16H2,1-2H3,(H,26,28)/b25-14-. The molecular formula is C23H28N4O4.